The Morgan fingerprint density at radius 3 is 2.47 bits per heavy atom. The molecule has 3 rings (SSSR count). The van der Waals surface area contributed by atoms with Crippen LogP contribution in [-0.4, -0.2) is 38.4 Å². The Morgan fingerprint density at radius 1 is 1.10 bits per heavy atom. The zero-order valence-electron chi connectivity index (χ0n) is 17.5. The Kier molecular flexibility index (Phi) is 6.51. The van der Waals surface area contributed by atoms with Crippen LogP contribution in [0.5, 0.6) is 11.5 Å². The van der Waals surface area contributed by atoms with E-state index in [-0.39, 0.29) is 5.91 Å². The third-order valence-electron chi connectivity index (χ3n) is 4.56. The van der Waals surface area contributed by atoms with Crippen LogP contribution < -0.4 is 14.5 Å². The summed E-state index contributed by atoms with van der Waals surface area (Å²) in [5.74, 6) is 0.587. The zero-order chi connectivity index (χ0) is 21.7. The summed E-state index contributed by atoms with van der Waals surface area (Å²) in [5, 5.41) is 5.69. The normalized spacial score (nSPS) is 14.7. The van der Waals surface area contributed by atoms with Gasteiger partial charge in [0.05, 0.1) is 43.4 Å². The largest absolute Gasteiger partial charge is 0.493 e. The summed E-state index contributed by atoms with van der Waals surface area (Å²) >= 11 is 0. The highest BCUT2D eigenvalue weighted by Crippen LogP contribution is 2.31. The fourth-order valence-electron chi connectivity index (χ4n) is 2.99. The average molecular weight is 408 g/mol. The molecule has 1 amide bonds. The number of nitrogens with zero attached hydrogens (tertiary/aromatic N) is 2. The first kappa shape index (κ1) is 21.1. The molecule has 0 unspecified atom stereocenters. The molecule has 1 heterocycles. The molecule has 0 spiro atoms. The van der Waals surface area contributed by atoms with E-state index < -0.39 is 5.97 Å². The second-order valence-electron chi connectivity index (χ2n) is 6.66. The maximum absolute atomic E-state index is 13.0. The number of rotatable bonds is 7. The van der Waals surface area contributed by atoms with Gasteiger partial charge in [0.1, 0.15) is 0 Å². The van der Waals surface area contributed by atoms with E-state index in [4.69, 9.17) is 14.2 Å². The molecule has 0 radical (unpaired) electrons. The van der Waals surface area contributed by atoms with Crippen molar-refractivity contribution >= 4 is 29.4 Å². The number of ether oxygens (including phenoxy) is 3. The molecular formula is C23H24N2O5. The van der Waals surface area contributed by atoms with Crippen LogP contribution in [0.3, 0.4) is 0 Å². The number of hydrogen-bond acceptors (Lipinski definition) is 6. The monoisotopic (exact) mass is 408 g/mol. The number of hydrazone groups is 1. The molecule has 0 N–H and O–H groups in total. The Labute approximate surface area is 175 Å². The van der Waals surface area contributed by atoms with Gasteiger partial charge in [0.15, 0.2) is 11.5 Å². The van der Waals surface area contributed by atoms with Gasteiger partial charge in [-0.25, -0.2) is 4.79 Å². The van der Waals surface area contributed by atoms with Gasteiger partial charge in [-0.15, -0.1) is 0 Å². The van der Waals surface area contributed by atoms with Crippen LogP contribution in [-0.2, 0) is 9.53 Å². The lowest BCUT2D eigenvalue weighted by atomic mass is 10.1. The molecule has 1 aliphatic rings. The summed E-state index contributed by atoms with van der Waals surface area (Å²) in [5.41, 5.74) is 2.85. The fourth-order valence-corrected chi connectivity index (χ4v) is 2.99. The van der Waals surface area contributed by atoms with E-state index in [2.05, 4.69) is 5.10 Å². The first-order valence-electron chi connectivity index (χ1n) is 9.59. The number of carbonyl (C=O) groups is 2. The number of benzene rings is 2. The van der Waals surface area contributed by atoms with Crippen molar-refractivity contribution in [2.75, 3.05) is 25.8 Å². The van der Waals surface area contributed by atoms with Gasteiger partial charge in [-0.1, -0.05) is 13.0 Å². The summed E-state index contributed by atoms with van der Waals surface area (Å²) in [6.45, 7) is 4.42. The third-order valence-corrected chi connectivity index (χ3v) is 4.56. The molecule has 2 aromatic carbocycles. The smallest absolute Gasteiger partial charge is 0.337 e. The number of amides is 1. The summed E-state index contributed by atoms with van der Waals surface area (Å²) in [7, 11) is 2.90. The highest BCUT2D eigenvalue weighted by molar-refractivity contribution is 6.32. The predicted molar refractivity (Wildman–Crippen MR) is 115 cm³/mol. The lowest BCUT2D eigenvalue weighted by Crippen LogP contribution is -2.21. The van der Waals surface area contributed by atoms with E-state index in [1.165, 1.54) is 12.1 Å². The number of methoxy groups -OCH3 is 2. The number of carbonyl (C=O) groups excluding carboxylic acids is 2. The minimum absolute atomic E-state index is 0.247. The zero-order valence-corrected chi connectivity index (χ0v) is 17.5. The van der Waals surface area contributed by atoms with Gasteiger partial charge in [-0.2, -0.15) is 10.1 Å². The van der Waals surface area contributed by atoms with E-state index in [1.807, 2.05) is 25.1 Å². The van der Waals surface area contributed by atoms with Crippen molar-refractivity contribution in [2.24, 2.45) is 5.10 Å². The van der Waals surface area contributed by atoms with Gasteiger partial charge in [-0.05, 0) is 61.4 Å². The Morgan fingerprint density at radius 2 is 1.83 bits per heavy atom. The molecule has 156 valence electrons. The van der Waals surface area contributed by atoms with E-state index in [0.29, 0.717) is 40.6 Å². The van der Waals surface area contributed by atoms with E-state index >= 15 is 0 Å². The molecule has 0 fully saturated rings. The standard InChI is InChI=1S/C23H24N2O5/c1-5-12-30-20-11-6-16(14-21(20)28-3)13-19-15(2)24-25(22(19)26)18-9-7-17(8-10-18)23(27)29-4/h6-11,13-14H,5,12H2,1-4H3. The quantitative estimate of drug-likeness (QED) is 0.510. The Bertz CT molecular complexity index is 1010. The van der Waals surface area contributed by atoms with Crippen LogP contribution in [0.4, 0.5) is 5.69 Å². The molecule has 1 aliphatic heterocycles. The van der Waals surface area contributed by atoms with Crippen LogP contribution in [0.25, 0.3) is 6.08 Å². The van der Waals surface area contributed by atoms with Gasteiger partial charge in [0.25, 0.3) is 5.91 Å². The van der Waals surface area contributed by atoms with Gasteiger partial charge in [-0.3, -0.25) is 4.79 Å². The molecule has 7 nitrogen and oxygen atoms in total. The fraction of sp³-hybridized carbons (Fsp3) is 0.261. The van der Waals surface area contributed by atoms with Crippen molar-refractivity contribution in [3.05, 3.63) is 59.2 Å². The highest BCUT2D eigenvalue weighted by atomic mass is 16.5. The predicted octanol–water partition coefficient (Wildman–Crippen LogP) is 4.08. The molecule has 30 heavy (non-hydrogen) atoms. The first-order chi connectivity index (χ1) is 14.5. The van der Waals surface area contributed by atoms with Gasteiger partial charge >= 0.3 is 5.97 Å². The molecule has 0 bridgehead atoms. The van der Waals surface area contributed by atoms with Crippen molar-refractivity contribution in [3.8, 4) is 11.5 Å². The Balaban J connectivity index is 1.84. The van der Waals surface area contributed by atoms with Crippen molar-refractivity contribution in [1.82, 2.24) is 0 Å². The summed E-state index contributed by atoms with van der Waals surface area (Å²) < 4.78 is 15.8. The molecular weight excluding hydrogens is 384 g/mol. The highest BCUT2D eigenvalue weighted by Gasteiger charge is 2.29. The second-order valence-corrected chi connectivity index (χ2v) is 6.66. The van der Waals surface area contributed by atoms with Crippen LogP contribution in [0.2, 0.25) is 0 Å². The van der Waals surface area contributed by atoms with Gasteiger partial charge < -0.3 is 14.2 Å². The third kappa shape index (κ3) is 4.35. The SMILES string of the molecule is CCCOc1ccc(C=C2C(=O)N(c3ccc(C(=O)OC)cc3)N=C2C)cc1OC. The molecule has 0 atom stereocenters. The van der Waals surface area contributed by atoms with Gasteiger partial charge in [0, 0.05) is 0 Å². The van der Waals surface area contributed by atoms with Crippen LogP contribution >= 0.6 is 0 Å². The number of hydrogen-bond donors (Lipinski definition) is 0. The minimum atomic E-state index is -0.435. The van der Waals surface area contributed by atoms with Crippen molar-refractivity contribution in [3.63, 3.8) is 0 Å². The topological polar surface area (TPSA) is 77.4 Å². The van der Waals surface area contributed by atoms with E-state index in [0.717, 1.165) is 12.0 Å². The first-order valence-corrected chi connectivity index (χ1v) is 9.59. The minimum Gasteiger partial charge on any atom is -0.493 e. The van der Waals surface area contributed by atoms with Crippen LogP contribution in [0, 0.1) is 0 Å². The molecule has 7 heteroatoms. The molecule has 0 aliphatic carbocycles. The summed E-state index contributed by atoms with van der Waals surface area (Å²) in [6.07, 6.45) is 2.67. The lowest BCUT2D eigenvalue weighted by molar-refractivity contribution is -0.114. The second kappa shape index (κ2) is 9.26. The number of anilines is 1. The summed E-state index contributed by atoms with van der Waals surface area (Å²) in [4.78, 5) is 24.5. The maximum atomic E-state index is 13.0. The molecule has 0 saturated heterocycles. The van der Waals surface area contributed by atoms with E-state index in [9.17, 15) is 9.59 Å². The van der Waals surface area contributed by atoms with Crippen LogP contribution in [0.15, 0.2) is 53.1 Å². The summed E-state index contributed by atoms with van der Waals surface area (Å²) in [6, 6.07) is 12.0. The van der Waals surface area contributed by atoms with Crippen molar-refractivity contribution in [1.29, 1.82) is 0 Å². The molecule has 0 aromatic heterocycles. The average Bonchev–Trinajstić information content (AvgIpc) is 3.05. The number of esters is 1. The van der Waals surface area contributed by atoms with Gasteiger partial charge in [0.2, 0.25) is 0 Å². The van der Waals surface area contributed by atoms with Crippen molar-refractivity contribution < 1.29 is 23.8 Å². The molecule has 2 aromatic rings. The van der Waals surface area contributed by atoms with Crippen LogP contribution in [0.1, 0.15) is 36.2 Å². The maximum Gasteiger partial charge on any atom is 0.337 e. The molecule has 0 saturated carbocycles. The van der Waals surface area contributed by atoms with E-state index in [1.54, 1.807) is 44.4 Å². The lowest BCUT2D eigenvalue weighted by Gasteiger charge is -2.12. The van der Waals surface area contributed by atoms with Crippen molar-refractivity contribution in [2.45, 2.75) is 20.3 Å². The Hall–Kier alpha value is -3.61.